The van der Waals surface area contributed by atoms with E-state index in [0.717, 1.165) is 17.6 Å². The van der Waals surface area contributed by atoms with Gasteiger partial charge in [-0.15, -0.1) is 0 Å². The van der Waals surface area contributed by atoms with Crippen molar-refractivity contribution >= 4 is 13.1 Å². The molecule has 5 nitrogen and oxygen atoms in total. The molecule has 1 N–H and O–H groups in total. The molecular formula is C21H30BN3O2. The van der Waals surface area contributed by atoms with Gasteiger partial charge in [0.25, 0.3) is 0 Å². The maximum atomic E-state index is 6.17. The Morgan fingerprint density at radius 3 is 2.44 bits per heavy atom. The SMILES string of the molecule is CC(=CC(=CC(C)Nc1nccc(C)n1)C1=CC1)B1OC(C)(C)C(C)(C)O1. The summed E-state index contributed by atoms with van der Waals surface area (Å²) in [4.78, 5) is 8.70. The molecule has 3 rings (SSSR count). The third-order valence-electron chi connectivity index (χ3n) is 5.37. The van der Waals surface area contributed by atoms with Crippen LogP contribution in [-0.2, 0) is 9.31 Å². The topological polar surface area (TPSA) is 56.3 Å². The minimum atomic E-state index is -0.327. The third-order valence-corrected chi connectivity index (χ3v) is 5.37. The number of anilines is 1. The van der Waals surface area contributed by atoms with E-state index in [1.807, 2.05) is 13.0 Å². The highest BCUT2D eigenvalue weighted by molar-refractivity contribution is 6.54. The minimum absolute atomic E-state index is 0.102. The molecular weight excluding hydrogens is 337 g/mol. The van der Waals surface area contributed by atoms with E-state index < -0.39 is 0 Å². The summed E-state index contributed by atoms with van der Waals surface area (Å²) >= 11 is 0. The summed E-state index contributed by atoms with van der Waals surface area (Å²) in [7, 11) is -0.318. The smallest absolute Gasteiger partial charge is 0.400 e. The maximum absolute atomic E-state index is 6.17. The molecule has 144 valence electrons. The molecule has 1 atom stereocenters. The zero-order valence-corrected chi connectivity index (χ0v) is 17.5. The quantitative estimate of drug-likeness (QED) is 0.596. The number of allylic oxidation sites excluding steroid dienone is 5. The average Bonchev–Trinajstić information content (AvgIpc) is 3.34. The predicted octanol–water partition coefficient (Wildman–Crippen LogP) is 4.42. The molecule has 0 saturated carbocycles. The molecule has 6 heteroatoms. The fourth-order valence-electron chi connectivity index (χ4n) is 2.91. The van der Waals surface area contributed by atoms with Crippen molar-refractivity contribution in [3.63, 3.8) is 0 Å². The van der Waals surface area contributed by atoms with Crippen molar-refractivity contribution in [2.45, 2.75) is 72.1 Å². The monoisotopic (exact) mass is 367 g/mol. The first-order chi connectivity index (χ1) is 12.6. The molecule has 1 fully saturated rings. The van der Waals surface area contributed by atoms with E-state index in [-0.39, 0.29) is 24.4 Å². The van der Waals surface area contributed by atoms with Gasteiger partial charge >= 0.3 is 7.12 Å². The van der Waals surface area contributed by atoms with Crippen molar-refractivity contribution in [2.75, 3.05) is 5.32 Å². The number of nitrogens with zero attached hydrogens (tertiary/aromatic N) is 2. The van der Waals surface area contributed by atoms with Crippen LogP contribution in [0.5, 0.6) is 0 Å². The van der Waals surface area contributed by atoms with Crippen LogP contribution in [0.1, 0.15) is 53.7 Å². The van der Waals surface area contributed by atoms with Gasteiger partial charge in [0.15, 0.2) is 0 Å². The van der Waals surface area contributed by atoms with Gasteiger partial charge in [-0.2, -0.15) is 0 Å². The normalized spacial score (nSPS) is 22.5. The van der Waals surface area contributed by atoms with Crippen LogP contribution in [-0.4, -0.2) is 34.3 Å². The Balaban J connectivity index is 1.75. The Morgan fingerprint density at radius 2 is 1.89 bits per heavy atom. The molecule has 0 aromatic carbocycles. The molecule has 1 saturated heterocycles. The van der Waals surface area contributed by atoms with Crippen molar-refractivity contribution in [3.05, 3.63) is 52.8 Å². The Bertz CT molecular complexity index is 795. The van der Waals surface area contributed by atoms with Gasteiger partial charge in [0, 0.05) is 17.9 Å². The summed E-state index contributed by atoms with van der Waals surface area (Å²) < 4.78 is 12.3. The summed E-state index contributed by atoms with van der Waals surface area (Å²) in [5.74, 6) is 0.648. The second-order valence-electron chi connectivity index (χ2n) is 8.49. The Labute approximate surface area is 163 Å². The predicted molar refractivity (Wildman–Crippen MR) is 110 cm³/mol. The van der Waals surface area contributed by atoms with Crippen molar-refractivity contribution in [2.24, 2.45) is 0 Å². The largest absolute Gasteiger partial charge is 0.490 e. The zero-order chi connectivity index (χ0) is 19.8. The lowest BCUT2D eigenvalue weighted by Crippen LogP contribution is -2.41. The van der Waals surface area contributed by atoms with Gasteiger partial charge in [-0.25, -0.2) is 9.97 Å². The number of hydrogen-bond acceptors (Lipinski definition) is 5. The van der Waals surface area contributed by atoms with E-state index in [4.69, 9.17) is 9.31 Å². The standard InChI is InChI=1S/C21H30BN3O2/c1-14(22-26-20(4,5)21(6,7)27-22)12-18(17-8-9-17)13-16(3)25-19-23-11-10-15(2)24-19/h8,10-13,16H,9H2,1-7H3,(H,23,24,25). The Hall–Kier alpha value is -1.92. The average molecular weight is 367 g/mol. The summed E-state index contributed by atoms with van der Waals surface area (Å²) in [6.45, 7) is 14.4. The highest BCUT2D eigenvalue weighted by atomic mass is 16.7. The molecule has 0 radical (unpaired) electrons. The highest BCUT2D eigenvalue weighted by Crippen LogP contribution is 2.39. The lowest BCUT2D eigenvalue weighted by atomic mass is 9.78. The van der Waals surface area contributed by atoms with Gasteiger partial charge in [-0.3, -0.25) is 0 Å². The summed E-state index contributed by atoms with van der Waals surface area (Å²) in [6, 6.07) is 1.99. The molecule has 1 aliphatic heterocycles. The van der Waals surface area contributed by atoms with Gasteiger partial charge in [-0.05, 0) is 77.6 Å². The lowest BCUT2D eigenvalue weighted by Gasteiger charge is -2.32. The van der Waals surface area contributed by atoms with Crippen molar-refractivity contribution < 1.29 is 9.31 Å². The van der Waals surface area contributed by atoms with E-state index in [1.165, 1.54) is 11.1 Å². The van der Waals surface area contributed by atoms with Crippen LogP contribution in [0.3, 0.4) is 0 Å². The van der Waals surface area contributed by atoms with Gasteiger partial charge < -0.3 is 14.6 Å². The van der Waals surface area contributed by atoms with Gasteiger partial charge in [0.2, 0.25) is 5.95 Å². The second kappa shape index (κ2) is 7.25. The van der Waals surface area contributed by atoms with Crippen LogP contribution < -0.4 is 5.32 Å². The molecule has 1 aromatic rings. The van der Waals surface area contributed by atoms with Gasteiger partial charge in [0.1, 0.15) is 0 Å². The Kier molecular flexibility index (Phi) is 5.32. The minimum Gasteiger partial charge on any atom is -0.400 e. The maximum Gasteiger partial charge on any atom is 0.490 e. The van der Waals surface area contributed by atoms with Crippen molar-refractivity contribution in [1.82, 2.24) is 9.97 Å². The van der Waals surface area contributed by atoms with E-state index >= 15 is 0 Å². The fourth-order valence-corrected chi connectivity index (χ4v) is 2.91. The van der Waals surface area contributed by atoms with Gasteiger partial charge in [0.05, 0.1) is 11.2 Å². The van der Waals surface area contributed by atoms with E-state index in [2.05, 4.69) is 75.1 Å². The molecule has 27 heavy (non-hydrogen) atoms. The number of rotatable bonds is 6. The number of nitrogens with one attached hydrogen (secondary N) is 1. The molecule has 0 bridgehead atoms. The molecule has 2 aliphatic rings. The second-order valence-corrected chi connectivity index (χ2v) is 8.49. The van der Waals surface area contributed by atoms with Gasteiger partial charge in [-0.1, -0.05) is 18.2 Å². The summed E-state index contributed by atoms with van der Waals surface area (Å²) in [6.07, 6.45) is 9.42. The van der Waals surface area contributed by atoms with Crippen molar-refractivity contribution in [1.29, 1.82) is 0 Å². The highest BCUT2D eigenvalue weighted by Gasteiger charge is 2.51. The lowest BCUT2D eigenvalue weighted by molar-refractivity contribution is 0.00578. The molecule has 1 aromatic heterocycles. The third kappa shape index (κ3) is 4.68. The zero-order valence-electron chi connectivity index (χ0n) is 17.5. The van der Waals surface area contributed by atoms with Crippen LogP contribution >= 0.6 is 0 Å². The first-order valence-corrected chi connectivity index (χ1v) is 9.59. The molecule has 1 unspecified atom stereocenters. The summed E-state index contributed by atoms with van der Waals surface area (Å²) in [5.41, 5.74) is 3.93. The number of aromatic nitrogens is 2. The van der Waals surface area contributed by atoms with Crippen molar-refractivity contribution in [3.8, 4) is 0 Å². The fraction of sp³-hybridized carbons (Fsp3) is 0.524. The molecule has 0 spiro atoms. The van der Waals surface area contributed by atoms with Crippen LogP contribution in [0, 0.1) is 6.92 Å². The molecule has 2 heterocycles. The van der Waals surface area contributed by atoms with Crippen LogP contribution in [0.2, 0.25) is 0 Å². The number of aryl methyl sites for hydroxylation is 1. The van der Waals surface area contributed by atoms with E-state index in [1.54, 1.807) is 6.20 Å². The van der Waals surface area contributed by atoms with Crippen LogP contribution in [0.15, 0.2) is 47.1 Å². The molecule has 1 aliphatic carbocycles. The summed E-state index contributed by atoms with van der Waals surface area (Å²) in [5, 5.41) is 3.35. The molecule has 0 amide bonds. The van der Waals surface area contributed by atoms with E-state index in [0.29, 0.717) is 5.95 Å². The first kappa shape index (κ1) is 19.8. The van der Waals surface area contributed by atoms with Crippen LogP contribution in [0.4, 0.5) is 5.95 Å². The Morgan fingerprint density at radius 1 is 1.26 bits per heavy atom. The van der Waals surface area contributed by atoms with E-state index in [9.17, 15) is 0 Å². The van der Waals surface area contributed by atoms with Crippen LogP contribution in [0.25, 0.3) is 0 Å². The first-order valence-electron chi connectivity index (χ1n) is 9.59. The number of hydrogen-bond donors (Lipinski definition) is 1.